The van der Waals surface area contributed by atoms with Crippen molar-refractivity contribution in [2.45, 2.75) is 39.3 Å². The first kappa shape index (κ1) is 17.5. The lowest BCUT2D eigenvalue weighted by Crippen LogP contribution is -2.48. The Morgan fingerprint density at radius 1 is 1.35 bits per heavy atom. The van der Waals surface area contributed by atoms with Gasteiger partial charge in [0, 0.05) is 32.4 Å². The molecule has 1 heterocycles. The molecule has 0 unspecified atom stereocenters. The van der Waals surface area contributed by atoms with Gasteiger partial charge in [-0.2, -0.15) is 0 Å². The third-order valence-corrected chi connectivity index (χ3v) is 4.05. The minimum absolute atomic E-state index is 0.0432. The summed E-state index contributed by atoms with van der Waals surface area (Å²) < 4.78 is 4.99. The van der Waals surface area contributed by atoms with Crippen LogP contribution in [0.3, 0.4) is 0 Å². The Balaban J connectivity index is 2.07. The summed E-state index contributed by atoms with van der Waals surface area (Å²) in [5, 5.41) is 2.93. The van der Waals surface area contributed by atoms with Gasteiger partial charge in [-0.05, 0) is 30.4 Å². The predicted octanol–water partition coefficient (Wildman–Crippen LogP) is 2.21. The number of benzene rings is 1. The van der Waals surface area contributed by atoms with Crippen molar-refractivity contribution in [1.29, 1.82) is 0 Å². The summed E-state index contributed by atoms with van der Waals surface area (Å²) in [5.74, 6) is 0.218. The number of amides is 2. The summed E-state index contributed by atoms with van der Waals surface area (Å²) in [4.78, 5) is 26.9. The Kier molecular flexibility index (Phi) is 6.16. The van der Waals surface area contributed by atoms with E-state index in [1.807, 2.05) is 24.3 Å². The van der Waals surface area contributed by atoms with E-state index in [2.05, 4.69) is 19.2 Å². The maximum absolute atomic E-state index is 12.6. The average molecular weight is 318 g/mol. The molecule has 0 fully saturated rings. The number of rotatable bonds is 8. The lowest BCUT2D eigenvalue weighted by atomic mass is 10.0. The number of nitrogens with zero attached hydrogens (tertiary/aromatic N) is 1. The first-order valence-corrected chi connectivity index (χ1v) is 8.20. The van der Waals surface area contributed by atoms with E-state index in [-0.39, 0.29) is 11.8 Å². The number of hydrogen-bond acceptors (Lipinski definition) is 3. The fraction of sp³-hybridized carbons (Fsp3) is 0.556. The van der Waals surface area contributed by atoms with Crippen molar-refractivity contribution < 1.29 is 14.3 Å². The SMILES string of the molecule is COCCCNC(=O)[C@@H](CC(C)C)N1Cc2ccccc2C1=O. The first-order chi connectivity index (χ1) is 11.0. The van der Waals surface area contributed by atoms with E-state index >= 15 is 0 Å². The second kappa shape index (κ2) is 8.11. The Hall–Kier alpha value is -1.88. The lowest BCUT2D eigenvalue weighted by Gasteiger charge is -2.28. The second-order valence-electron chi connectivity index (χ2n) is 6.37. The highest BCUT2D eigenvalue weighted by Crippen LogP contribution is 2.26. The molecule has 2 amide bonds. The van der Waals surface area contributed by atoms with Crippen molar-refractivity contribution in [3.63, 3.8) is 0 Å². The maximum atomic E-state index is 12.6. The highest BCUT2D eigenvalue weighted by molar-refractivity contribution is 6.01. The van der Waals surface area contributed by atoms with Crippen LogP contribution in [-0.4, -0.2) is 43.0 Å². The Bertz CT molecular complexity index is 557. The molecule has 5 nitrogen and oxygen atoms in total. The van der Waals surface area contributed by atoms with Crippen molar-refractivity contribution in [3.05, 3.63) is 35.4 Å². The third-order valence-electron chi connectivity index (χ3n) is 4.05. The van der Waals surface area contributed by atoms with E-state index in [0.717, 1.165) is 12.0 Å². The van der Waals surface area contributed by atoms with Gasteiger partial charge < -0.3 is 15.0 Å². The Labute approximate surface area is 138 Å². The van der Waals surface area contributed by atoms with Gasteiger partial charge in [0.05, 0.1) is 0 Å². The fourth-order valence-electron chi connectivity index (χ4n) is 2.90. The molecule has 1 aliphatic rings. The van der Waals surface area contributed by atoms with E-state index in [1.54, 1.807) is 12.0 Å². The van der Waals surface area contributed by atoms with E-state index in [0.29, 0.717) is 37.6 Å². The number of hydrogen-bond donors (Lipinski definition) is 1. The molecule has 1 atom stereocenters. The zero-order valence-corrected chi connectivity index (χ0v) is 14.2. The van der Waals surface area contributed by atoms with Crippen LogP contribution in [0.2, 0.25) is 0 Å². The van der Waals surface area contributed by atoms with Gasteiger partial charge >= 0.3 is 0 Å². The minimum Gasteiger partial charge on any atom is -0.385 e. The van der Waals surface area contributed by atoms with Crippen LogP contribution in [0.1, 0.15) is 42.6 Å². The van der Waals surface area contributed by atoms with Gasteiger partial charge in [-0.1, -0.05) is 32.0 Å². The van der Waals surface area contributed by atoms with Crippen LogP contribution in [0.15, 0.2) is 24.3 Å². The van der Waals surface area contributed by atoms with Crippen molar-refractivity contribution in [1.82, 2.24) is 10.2 Å². The summed E-state index contributed by atoms with van der Waals surface area (Å²) in [5.41, 5.74) is 1.71. The fourth-order valence-corrected chi connectivity index (χ4v) is 2.90. The average Bonchev–Trinajstić information content (AvgIpc) is 2.86. The Morgan fingerprint density at radius 2 is 2.09 bits per heavy atom. The monoisotopic (exact) mass is 318 g/mol. The van der Waals surface area contributed by atoms with Crippen LogP contribution in [-0.2, 0) is 16.1 Å². The number of carbonyl (C=O) groups excluding carboxylic acids is 2. The molecule has 0 bridgehead atoms. The molecule has 1 aliphatic heterocycles. The maximum Gasteiger partial charge on any atom is 0.255 e. The van der Waals surface area contributed by atoms with Gasteiger partial charge in [-0.25, -0.2) is 0 Å². The van der Waals surface area contributed by atoms with Crippen molar-refractivity contribution in [3.8, 4) is 0 Å². The van der Waals surface area contributed by atoms with Gasteiger partial charge in [-0.15, -0.1) is 0 Å². The van der Waals surface area contributed by atoms with E-state index in [9.17, 15) is 9.59 Å². The smallest absolute Gasteiger partial charge is 0.255 e. The molecule has 0 radical (unpaired) electrons. The quantitative estimate of drug-likeness (QED) is 0.748. The lowest BCUT2D eigenvalue weighted by molar-refractivity contribution is -0.126. The molecule has 0 aromatic heterocycles. The van der Waals surface area contributed by atoms with Crippen LogP contribution in [0, 0.1) is 5.92 Å². The molecule has 5 heteroatoms. The van der Waals surface area contributed by atoms with Crippen LogP contribution >= 0.6 is 0 Å². The molecule has 0 spiro atoms. The molecular weight excluding hydrogens is 292 g/mol. The highest BCUT2D eigenvalue weighted by Gasteiger charge is 2.36. The molecule has 1 aromatic rings. The van der Waals surface area contributed by atoms with Crippen LogP contribution in [0.4, 0.5) is 0 Å². The molecule has 2 rings (SSSR count). The molecule has 1 aromatic carbocycles. The third kappa shape index (κ3) is 4.32. The van der Waals surface area contributed by atoms with Gasteiger partial charge in [0.25, 0.3) is 5.91 Å². The summed E-state index contributed by atoms with van der Waals surface area (Å²) >= 11 is 0. The van der Waals surface area contributed by atoms with E-state index in [1.165, 1.54) is 0 Å². The van der Waals surface area contributed by atoms with Crippen molar-refractivity contribution in [2.24, 2.45) is 5.92 Å². The van der Waals surface area contributed by atoms with E-state index < -0.39 is 6.04 Å². The summed E-state index contributed by atoms with van der Waals surface area (Å²) in [6.45, 7) is 5.83. The second-order valence-corrected chi connectivity index (χ2v) is 6.37. The molecule has 0 saturated heterocycles. The summed E-state index contributed by atoms with van der Waals surface area (Å²) in [6, 6.07) is 7.16. The molecular formula is C18H26N2O3. The normalized spacial score (nSPS) is 15.0. The molecule has 0 aliphatic carbocycles. The predicted molar refractivity (Wildman–Crippen MR) is 89.1 cm³/mol. The van der Waals surface area contributed by atoms with E-state index in [4.69, 9.17) is 4.74 Å². The summed E-state index contributed by atoms with van der Waals surface area (Å²) in [7, 11) is 1.64. The Morgan fingerprint density at radius 3 is 2.74 bits per heavy atom. The van der Waals surface area contributed by atoms with Gasteiger partial charge in [-0.3, -0.25) is 9.59 Å². The van der Waals surface area contributed by atoms with Crippen LogP contribution < -0.4 is 5.32 Å². The standard InChI is InChI=1S/C18H26N2O3/c1-13(2)11-16(17(21)19-9-6-10-23-3)20-12-14-7-4-5-8-15(14)18(20)22/h4-5,7-8,13,16H,6,9-12H2,1-3H3,(H,19,21)/t16-/m1/s1. The molecule has 0 saturated carbocycles. The van der Waals surface area contributed by atoms with Gasteiger partial charge in [0.2, 0.25) is 5.91 Å². The van der Waals surface area contributed by atoms with Crippen LogP contribution in [0.5, 0.6) is 0 Å². The van der Waals surface area contributed by atoms with Crippen LogP contribution in [0.25, 0.3) is 0 Å². The van der Waals surface area contributed by atoms with Crippen molar-refractivity contribution >= 4 is 11.8 Å². The summed E-state index contributed by atoms with van der Waals surface area (Å²) in [6.07, 6.45) is 1.43. The zero-order chi connectivity index (χ0) is 16.8. The minimum atomic E-state index is -0.419. The zero-order valence-electron chi connectivity index (χ0n) is 14.2. The largest absolute Gasteiger partial charge is 0.385 e. The van der Waals surface area contributed by atoms with Gasteiger partial charge in [0.15, 0.2) is 0 Å². The number of nitrogens with one attached hydrogen (secondary N) is 1. The number of ether oxygens (including phenoxy) is 1. The van der Waals surface area contributed by atoms with Crippen molar-refractivity contribution in [2.75, 3.05) is 20.3 Å². The molecule has 126 valence electrons. The first-order valence-electron chi connectivity index (χ1n) is 8.20. The topological polar surface area (TPSA) is 58.6 Å². The molecule has 1 N–H and O–H groups in total. The van der Waals surface area contributed by atoms with Gasteiger partial charge in [0.1, 0.15) is 6.04 Å². The number of carbonyl (C=O) groups is 2. The number of methoxy groups -OCH3 is 1. The number of fused-ring (bicyclic) bond motifs is 1. The highest BCUT2D eigenvalue weighted by atomic mass is 16.5. The molecule has 23 heavy (non-hydrogen) atoms.